The number of rotatable bonds is 8. The van der Waals surface area contributed by atoms with Crippen molar-refractivity contribution in [2.24, 2.45) is 0 Å². The summed E-state index contributed by atoms with van der Waals surface area (Å²) in [6, 6.07) is 3.48. The number of carbonyl (C=O) groups is 1. The average Bonchev–Trinajstić information content (AvgIpc) is 2.47. The molecule has 4 nitrogen and oxygen atoms in total. The first kappa shape index (κ1) is 16.8. The molecule has 0 amide bonds. The monoisotopic (exact) mass is 300 g/mol. The van der Waals surface area contributed by atoms with E-state index in [9.17, 15) is 4.79 Å². The lowest BCUT2D eigenvalue weighted by Gasteiger charge is -2.20. The first-order chi connectivity index (χ1) is 9.60. The largest absolute Gasteiger partial charge is 0.493 e. The number of halogens is 1. The van der Waals surface area contributed by atoms with E-state index < -0.39 is 6.10 Å². The molecule has 5 heteroatoms. The van der Waals surface area contributed by atoms with Gasteiger partial charge in [-0.25, -0.2) is 0 Å². The summed E-state index contributed by atoms with van der Waals surface area (Å²) in [5, 5.41) is 0.356. The molecule has 0 heterocycles. The maximum atomic E-state index is 12.1. The minimum atomic E-state index is -0.660. The molecule has 0 fully saturated rings. The lowest BCUT2D eigenvalue weighted by molar-refractivity contribution is -0.130. The van der Waals surface area contributed by atoms with Gasteiger partial charge >= 0.3 is 0 Å². The number of hydrogen-bond donors (Lipinski definition) is 0. The van der Waals surface area contributed by atoms with Crippen LogP contribution in [0.3, 0.4) is 0 Å². The van der Waals surface area contributed by atoms with Crippen molar-refractivity contribution in [2.45, 2.75) is 32.8 Å². The van der Waals surface area contributed by atoms with Crippen LogP contribution in [0.15, 0.2) is 12.1 Å². The molecule has 20 heavy (non-hydrogen) atoms. The van der Waals surface area contributed by atoms with Crippen LogP contribution in [0.4, 0.5) is 0 Å². The zero-order chi connectivity index (χ0) is 15.1. The van der Waals surface area contributed by atoms with Crippen LogP contribution in [0.25, 0.3) is 0 Å². The van der Waals surface area contributed by atoms with Crippen molar-refractivity contribution >= 4 is 17.4 Å². The van der Waals surface area contributed by atoms with Crippen LogP contribution < -0.4 is 9.47 Å². The summed E-state index contributed by atoms with van der Waals surface area (Å²) in [6.45, 7) is 4.30. The predicted molar refractivity (Wildman–Crippen MR) is 78.8 cm³/mol. The van der Waals surface area contributed by atoms with E-state index in [4.69, 9.17) is 25.8 Å². The van der Waals surface area contributed by atoms with Crippen LogP contribution in [0.5, 0.6) is 11.5 Å². The second-order valence-corrected chi connectivity index (χ2v) is 4.65. The van der Waals surface area contributed by atoms with Crippen molar-refractivity contribution in [1.29, 1.82) is 0 Å². The van der Waals surface area contributed by atoms with E-state index >= 15 is 0 Å². The van der Waals surface area contributed by atoms with Crippen LogP contribution in [0, 0.1) is 0 Å². The zero-order valence-electron chi connectivity index (χ0n) is 12.4. The highest BCUT2D eigenvalue weighted by atomic mass is 35.5. The lowest BCUT2D eigenvalue weighted by Crippen LogP contribution is -2.16. The Labute approximate surface area is 125 Å². The molecule has 112 valence electrons. The Balaban J connectivity index is 3.22. The van der Waals surface area contributed by atoms with Gasteiger partial charge in [-0.3, -0.25) is 4.79 Å². The maximum Gasteiger partial charge on any atom is 0.179 e. The second kappa shape index (κ2) is 8.12. The Morgan fingerprint density at radius 3 is 2.45 bits per heavy atom. The second-order valence-electron chi connectivity index (χ2n) is 4.27. The Morgan fingerprint density at radius 2 is 1.95 bits per heavy atom. The average molecular weight is 301 g/mol. The third-order valence-electron chi connectivity index (χ3n) is 2.93. The number of ether oxygens (including phenoxy) is 3. The topological polar surface area (TPSA) is 44.8 Å². The van der Waals surface area contributed by atoms with E-state index in [1.165, 1.54) is 14.2 Å². The van der Waals surface area contributed by atoms with Gasteiger partial charge in [-0.2, -0.15) is 0 Å². The normalized spacial score (nSPS) is 12.1. The molecule has 1 rings (SSSR count). The van der Waals surface area contributed by atoms with Crippen molar-refractivity contribution in [3.8, 4) is 11.5 Å². The summed E-state index contributed by atoms with van der Waals surface area (Å²) in [5.41, 5.74) is 0.615. The van der Waals surface area contributed by atoms with Crippen LogP contribution in [0.1, 0.15) is 38.4 Å². The molecule has 0 aromatic heterocycles. The molecule has 0 bridgehead atoms. The summed E-state index contributed by atoms with van der Waals surface area (Å²) < 4.78 is 16.1. The third kappa shape index (κ3) is 3.64. The van der Waals surface area contributed by atoms with Crippen LogP contribution in [-0.4, -0.2) is 26.6 Å². The fourth-order valence-electron chi connectivity index (χ4n) is 1.88. The molecule has 1 aromatic rings. The first-order valence-corrected chi connectivity index (χ1v) is 7.03. The molecular formula is C15H21ClO4. The SMILES string of the molecule is CCCOC(C(=O)CC)c1ccc(OC)c(OC)c1Cl. The highest BCUT2D eigenvalue weighted by Crippen LogP contribution is 2.40. The number of carbonyl (C=O) groups excluding carboxylic acids is 1. The highest BCUT2D eigenvalue weighted by molar-refractivity contribution is 6.33. The van der Waals surface area contributed by atoms with Gasteiger partial charge in [0.05, 0.1) is 19.2 Å². The molecule has 0 aliphatic rings. The van der Waals surface area contributed by atoms with E-state index in [1.54, 1.807) is 19.1 Å². The van der Waals surface area contributed by atoms with Gasteiger partial charge in [0.2, 0.25) is 0 Å². The van der Waals surface area contributed by atoms with Crippen LogP contribution in [0.2, 0.25) is 5.02 Å². The fourth-order valence-corrected chi connectivity index (χ4v) is 2.22. The van der Waals surface area contributed by atoms with E-state index in [1.807, 2.05) is 6.92 Å². The van der Waals surface area contributed by atoms with E-state index in [0.29, 0.717) is 35.1 Å². The van der Waals surface area contributed by atoms with Crippen molar-refractivity contribution in [3.05, 3.63) is 22.7 Å². The summed E-state index contributed by atoms with van der Waals surface area (Å²) >= 11 is 6.33. The van der Waals surface area contributed by atoms with Gasteiger partial charge < -0.3 is 14.2 Å². The Hall–Kier alpha value is -1.26. The highest BCUT2D eigenvalue weighted by Gasteiger charge is 2.25. The summed E-state index contributed by atoms with van der Waals surface area (Å²) in [5.74, 6) is 0.938. The molecule has 0 radical (unpaired) electrons. The van der Waals surface area contributed by atoms with Crippen molar-refractivity contribution in [2.75, 3.05) is 20.8 Å². The minimum absolute atomic E-state index is 0.00688. The molecule has 1 unspecified atom stereocenters. The van der Waals surface area contributed by atoms with Gasteiger partial charge in [0.1, 0.15) is 6.10 Å². The van der Waals surface area contributed by atoms with Gasteiger partial charge in [0.25, 0.3) is 0 Å². The number of benzene rings is 1. The van der Waals surface area contributed by atoms with E-state index in [-0.39, 0.29) is 5.78 Å². The Bertz CT molecular complexity index is 459. The zero-order valence-corrected chi connectivity index (χ0v) is 13.1. The molecule has 0 saturated carbocycles. The van der Waals surface area contributed by atoms with Crippen molar-refractivity contribution < 1.29 is 19.0 Å². The number of methoxy groups -OCH3 is 2. The van der Waals surface area contributed by atoms with Gasteiger partial charge in [-0.15, -0.1) is 0 Å². The van der Waals surface area contributed by atoms with Crippen molar-refractivity contribution in [1.82, 2.24) is 0 Å². The molecule has 0 aliphatic heterocycles. The molecule has 0 aliphatic carbocycles. The van der Waals surface area contributed by atoms with Crippen LogP contribution in [-0.2, 0) is 9.53 Å². The number of Topliss-reactive ketones (excluding diaryl/α,β-unsaturated/α-hetero) is 1. The minimum Gasteiger partial charge on any atom is -0.493 e. The Kier molecular flexibility index (Phi) is 6.82. The predicted octanol–water partition coefficient (Wildman–Crippen LogP) is 3.80. The summed E-state index contributed by atoms with van der Waals surface area (Å²) in [7, 11) is 3.05. The third-order valence-corrected chi connectivity index (χ3v) is 3.32. The van der Waals surface area contributed by atoms with Gasteiger partial charge in [0, 0.05) is 18.6 Å². The molecule has 1 aromatic carbocycles. The number of hydrogen-bond acceptors (Lipinski definition) is 4. The standard InChI is InChI=1S/C15H21ClO4/c1-5-9-20-14(11(17)6-2)10-7-8-12(18-3)15(19-4)13(10)16/h7-8,14H,5-6,9H2,1-4H3. The van der Waals surface area contributed by atoms with Gasteiger partial charge in [-0.05, 0) is 12.5 Å². The van der Waals surface area contributed by atoms with E-state index in [0.717, 1.165) is 6.42 Å². The molecule has 0 N–H and O–H groups in total. The lowest BCUT2D eigenvalue weighted by atomic mass is 10.0. The molecular weight excluding hydrogens is 280 g/mol. The van der Waals surface area contributed by atoms with Crippen molar-refractivity contribution in [3.63, 3.8) is 0 Å². The molecule has 0 spiro atoms. The van der Waals surface area contributed by atoms with Crippen LogP contribution >= 0.6 is 11.6 Å². The maximum absolute atomic E-state index is 12.1. The molecule has 1 atom stereocenters. The Morgan fingerprint density at radius 1 is 1.25 bits per heavy atom. The summed E-state index contributed by atoms with van der Waals surface area (Å²) in [4.78, 5) is 12.1. The first-order valence-electron chi connectivity index (χ1n) is 6.65. The van der Waals surface area contributed by atoms with Gasteiger partial charge in [-0.1, -0.05) is 31.5 Å². The number of ketones is 1. The van der Waals surface area contributed by atoms with Gasteiger partial charge in [0.15, 0.2) is 17.3 Å². The molecule has 0 saturated heterocycles. The summed E-state index contributed by atoms with van der Waals surface area (Å²) in [6.07, 6.45) is 0.560. The fraction of sp³-hybridized carbons (Fsp3) is 0.533. The van der Waals surface area contributed by atoms with E-state index in [2.05, 4.69) is 0 Å². The quantitative estimate of drug-likeness (QED) is 0.732. The smallest absolute Gasteiger partial charge is 0.179 e.